The number of halogens is 1. The number of hydrogen-bond acceptors (Lipinski definition) is 5. The maximum Gasteiger partial charge on any atom is 0.230 e. The van der Waals surface area contributed by atoms with Gasteiger partial charge in [-0.05, 0) is 18.9 Å². The fourth-order valence-corrected chi connectivity index (χ4v) is 3.30. The molecule has 0 aliphatic heterocycles. The predicted octanol–water partition coefficient (Wildman–Crippen LogP) is 1.58. The van der Waals surface area contributed by atoms with Crippen LogP contribution in [0.1, 0.15) is 36.6 Å². The number of thioether (sulfide) groups is 1. The summed E-state index contributed by atoms with van der Waals surface area (Å²) in [5, 5.41) is 11.6. The molecule has 1 fully saturated rings. The number of amides is 2. The van der Waals surface area contributed by atoms with E-state index in [-0.39, 0.29) is 36.4 Å². The number of aromatic nitrogens is 3. The molecule has 1 aromatic carbocycles. The zero-order chi connectivity index (χ0) is 18.5. The number of rotatable bonds is 9. The largest absolute Gasteiger partial charge is 0.370 e. The van der Waals surface area contributed by atoms with E-state index in [0.29, 0.717) is 23.2 Å². The van der Waals surface area contributed by atoms with E-state index in [2.05, 4.69) is 15.5 Å². The SMILES string of the molecule is NC(=O)CCn1c(SCC(=O)NCc2ccccc2F)nnc1C1CC1. The summed E-state index contributed by atoms with van der Waals surface area (Å²) in [6.07, 6.45) is 2.32. The molecule has 0 bridgehead atoms. The van der Waals surface area contributed by atoms with Gasteiger partial charge in [-0.1, -0.05) is 30.0 Å². The molecular formula is C17H20FN5O2S. The van der Waals surface area contributed by atoms with E-state index in [1.165, 1.54) is 17.8 Å². The first-order valence-corrected chi connectivity index (χ1v) is 9.37. The Bertz CT molecular complexity index is 806. The van der Waals surface area contributed by atoms with Gasteiger partial charge in [-0.2, -0.15) is 0 Å². The Labute approximate surface area is 154 Å². The van der Waals surface area contributed by atoms with Crippen molar-refractivity contribution < 1.29 is 14.0 Å². The van der Waals surface area contributed by atoms with Crippen LogP contribution < -0.4 is 11.1 Å². The highest BCUT2D eigenvalue weighted by atomic mass is 32.2. The van der Waals surface area contributed by atoms with Crippen molar-refractivity contribution >= 4 is 23.6 Å². The van der Waals surface area contributed by atoms with Crippen molar-refractivity contribution in [1.29, 1.82) is 0 Å². The quantitative estimate of drug-likeness (QED) is 0.646. The van der Waals surface area contributed by atoms with Crippen molar-refractivity contribution in [3.05, 3.63) is 41.5 Å². The van der Waals surface area contributed by atoms with Crippen LogP contribution in [0.15, 0.2) is 29.4 Å². The molecule has 26 heavy (non-hydrogen) atoms. The van der Waals surface area contributed by atoms with Gasteiger partial charge >= 0.3 is 0 Å². The molecular weight excluding hydrogens is 357 g/mol. The Hall–Kier alpha value is -2.42. The Morgan fingerprint density at radius 2 is 2.08 bits per heavy atom. The molecule has 7 nitrogen and oxygen atoms in total. The summed E-state index contributed by atoms with van der Waals surface area (Å²) in [6.45, 7) is 0.543. The minimum atomic E-state index is -0.390. The molecule has 1 aliphatic carbocycles. The topological polar surface area (TPSA) is 103 Å². The fraction of sp³-hybridized carbons (Fsp3) is 0.412. The third kappa shape index (κ3) is 4.81. The first-order chi connectivity index (χ1) is 12.5. The number of nitrogens with one attached hydrogen (secondary N) is 1. The lowest BCUT2D eigenvalue weighted by molar-refractivity contribution is -0.119. The molecule has 1 aliphatic rings. The number of hydrogen-bond donors (Lipinski definition) is 2. The summed E-state index contributed by atoms with van der Waals surface area (Å²) in [6, 6.07) is 6.31. The lowest BCUT2D eigenvalue weighted by atomic mass is 10.2. The number of carbonyl (C=O) groups is 2. The molecule has 2 aromatic rings. The van der Waals surface area contributed by atoms with E-state index in [9.17, 15) is 14.0 Å². The molecule has 9 heteroatoms. The van der Waals surface area contributed by atoms with Crippen molar-refractivity contribution in [1.82, 2.24) is 20.1 Å². The number of nitrogens with two attached hydrogens (primary N) is 1. The van der Waals surface area contributed by atoms with Crippen molar-refractivity contribution in [3.63, 3.8) is 0 Å². The maximum atomic E-state index is 13.6. The highest BCUT2D eigenvalue weighted by Crippen LogP contribution is 2.40. The van der Waals surface area contributed by atoms with Gasteiger partial charge in [-0.3, -0.25) is 9.59 Å². The molecule has 3 N–H and O–H groups in total. The van der Waals surface area contributed by atoms with Crippen molar-refractivity contribution in [2.24, 2.45) is 5.73 Å². The second-order valence-electron chi connectivity index (χ2n) is 6.14. The van der Waals surface area contributed by atoms with Crippen LogP contribution in [-0.2, 0) is 22.7 Å². The van der Waals surface area contributed by atoms with E-state index in [1.54, 1.807) is 18.2 Å². The summed E-state index contributed by atoms with van der Waals surface area (Å²) in [5.41, 5.74) is 5.67. The zero-order valence-corrected chi connectivity index (χ0v) is 15.0. The number of primary amides is 1. The van der Waals surface area contributed by atoms with Crippen LogP contribution in [0.25, 0.3) is 0 Å². The Balaban J connectivity index is 1.56. The van der Waals surface area contributed by atoms with Gasteiger partial charge in [0.2, 0.25) is 11.8 Å². The van der Waals surface area contributed by atoms with Crippen LogP contribution in [0, 0.1) is 5.82 Å². The summed E-state index contributed by atoms with van der Waals surface area (Å²) in [7, 11) is 0. The molecule has 0 unspecified atom stereocenters. The van der Waals surface area contributed by atoms with Crippen molar-refractivity contribution in [2.45, 2.75) is 43.4 Å². The lowest BCUT2D eigenvalue weighted by Gasteiger charge is -2.09. The van der Waals surface area contributed by atoms with Gasteiger partial charge in [0.1, 0.15) is 11.6 Å². The van der Waals surface area contributed by atoms with Gasteiger partial charge in [0, 0.05) is 31.0 Å². The van der Waals surface area contributed by atoms with Crippen LogP contribution >= 0.6 is 11.8 Å². The highest BCUT2D eigenvalue weighted by molar-refractivity contribution is 7.99. The van der Waals surface area contributed by atoms with E-state index in [4.69, 9.17) is 5.73 Å². The Kier molecular flexibility index (Phi) is 5.87. The van der Waals surface area contributed by atoms with Gasteiger partial charge in [-0.25, -0.2) is 4.39 Å². The van der Waals surface area contributed by atoms with E-state index in [0.717, 1.165) is 18.7 Å². The fourth-order valence-electron chi connectivity index (χ4n) is 2.50. The summed E-state index contributed by atoms with van der Waals surface area (Å²) >= 11 is 1.24. The van der Waals surface area contributed by atoms with Gasteiger partial charge in [-0.15, -0.1) is 10.2 Å². The van der Waals surface area contributed by atoms with Crippen LogP contribution in [-0.4, -0.2) is 32.3 Å². The zero-order valence-electron chi connectivity index (χ0n) is 14.2. The highest BCUT2D eigenvalue weighted by Gasteiger charge is 2.30. The second-order valence-corrected chi connectivity index (χ2v) is 7.08. The van der Waals surface area contributed by atoms with Gasteiger partial charge in [0.25, 0.3) is 0 Å². The molecule has 0 atom stereocenters. The summed E-state index contributed by atoms with van der Waals surface area (Å²) in [4.78, 5) is 23.1. The number of benzene rings is 1. The Morgan fingerprint density at radius 3 is 2.77 bits per heavy atom. The molecule has 138 valence electrons. The van der Waals surface area contributed by atoms with Crippen molar-refractivity contribution in [2.75, 3.05) is 5.75 Å². The minimum Gasteiger partial charge on any atom is -0.370 e. The standard InChI is InChI=1S/C17H20FN5O2S/c18-13-4-2-1-3-12(13)9-20-15(25)10-26-17-22-21-16(11-5-6-11)23(17)8-7-14(19)24/h1-4,11H,5-10H2,(H2,19,24)(H,20,25). The monoisotopic (exact) mass is 377 g/mol. The molecule has 3 rings (SSSR count). The molecule has 0 saturated heterocycles. The van der Waals surface area contributed by atoms with Crippen LogP contribution in [0.3, 0.4) is 0 Å². The summed E-state index contributed by atoms with van der Waals surface area (Å²) < 4.78 is 15.4. The Morgan fingerprint density at radius 1 is 1.31 bits per heavy atom. The second kappa shape index (κ2) is 8.31. The first kappa shape index (κ1) is 18.4. The molecule has 0 spiro atoms. The average Bonchev–Trinajstić information content (AvgIpc) is 3.38. The third-order valence-corrected chi connectivity index (χ3v) is 5.00. The molecule has 1 heterocycles. The lowest BCUT2D eigenvalue weighted by Crippen LogP contribution is -2.25. The van der Waals surface area contributed by atoms with Gasteiger partial charge < -0.3 is 15.6 Å². The number of nitrogens with zero attached hydrogens (tertiary/aromatic N) is 3. The minimum absolute atomic E-state index is 0.133. The maximum absolute atomic E-state index is 13.6. The predicted molar refractivity (Wildman–Crippen MR) is 94.8 cm³/mol. The van der Waals surface area contributed by atoms with Crippen LogP contribution in [0.5, 0.6) is 0 Å². The first-order valence-electron chi connectivity index (χ1n) is 8.39. The van der Waals surface area contributed by atoms with E-state index < -0.39 is 0 Å². The van der Waals surface area contributed by atoms with Crippen LogP contribution in [0.4, 0.5) is 4.39 Å². The molecule has 1 aromatic heterocycles. The summed E-state index contributed by atoms with van der Waals surface area (Å²) in [5.74, 6) is 0.393. The van der Waals surface area contributed by atoms with Gasteiger partial charge in [0.15, 0.2) is 5.16 Å². The van der Waals surface area contributed by atoms with Crippen molar-refractivity contribution in [3.8, 4) is 0 Å². The number of carbonyl (C=O) groups excluding carboxylic acids is 2. The molecule has 0 radical (unpaired) electrons. The van der Waals surface area contributed by atoms with Crippen LogP contribution in [0.2, 0.25) is 0 Å². The third-order valence-electron chi connectivity index (χ3n) is 4.04. The molecule has 1 saturated carbocycles. The van der Waals surface area contributed by atoms with E-state index >= 15 is 0 Å². The average molecular weight is 377 g/mol. The van der Waals surface area contributed by atoms with Gasteiger partial charge in [0.05, 0.1) is 5.75 Å². The molecule has 2 amide bonds. The normalized spacial score (nSPS) is 13.6. The van der Waals surface area contributed by atoms with E-state index in [1.807, 2.05) is 4.57 Å². The smallest absolute Gasteiger partial charge is 0.230 e.